The van der Waals surface area contributed by atoms with E-state index in [-0.39, 0.29) is 11.9 Å². The number of hydrogen-bond acceptors (Lipinski definition) is 6. The summed E-state index contributed by atoms with van der Waals surface area (Å²) in [6.07, 6.45) is 11.8. The molecule has 1 saturated heterocycles. The van der Waals surface area contributed by atoms with E-state index in [4.69, 9.17) is 0 Å². The van der Waals surface area contributed by atoms with Crippen LogP contribution in [0.2, 0.25) is 0 Å². The first-order valence-corrected chi connectivity index (χ1v) is 8.38. The highest BCUT2D eigenvalue weighted by Crippen LogP contribution is 2.17. The molecule has 24 heavy (non-hydrogen) atoms. The summed E-state index contributed by atoms with van der Waals surface area (Å²) in [4.78, 5) is 31.4. The average Bonchev–Trinajstić information content (AvgIpc) is 2.64. The molecule has 3 rings (SSSR count). The number of aromatic nitrogens is 4. The summed E-state index contributed by atoms with van der Waals surface area (Å²) in [5.74, 6) is 0.820. The van der Waals surface area contributed by atoms with Crippen LogP contribution in [0.25, 0.3) is 0 Å². The molecule has 1 aliphatic heterocycles. The van der Waals surface area contributed by atoms with E-state index in [1.807, 2.05) is 0 Å². The maximum atomic E-state index is 12.5. The molecule has 1 N–H and O–H groups in total. The first-order valence-electron chi connectivity index (χ1n) is 8.38. The smallest absolute Gasteiger partial charge is 0.254 e. The van der Waals surface area contributed by atoms with Crippen molar-refractivity contribution in [3.8, 4) is 0 Å². The van der Waals surface area contributed by atoms with Crippen molar-refractivity contribution in [1.82, 2.24) is 25.3 Å². The number of carbonyl (C=O) groups excluding carboxylic acids is 1. The highest BCUT2D eigenvalue weighted by molar-refractivity contribution is 5.95. The molecule has 0 aliphatic carbocycles. The van der Waals surface area contributed by atoms with Crippen molar-refractivity contribution in [2.24, 2.45) is 0 Å². The van der Waals surface area contributed by atoms with E-state index < -0.39 is 0 Å². The molecule has 0 radical (unpaired) electrons. The molecule has 126 valence electrons. The summed E-state index contributed by atoms with van der Waals surface area (Å²) < 4.78 is 0. The summed E-state index contributed by atoms with van der Waals surface area (Å²) in [5.41, 5.74) is 1.41. The van der Waals surface area contributed by atoms with Crippen LogP contribution in [0.3, 0.4) is 0 Å². The SMILES string of the molecule is CCCc1ncncc1C(=O)NC1CCN(c2cnccn2)CC1. The second kappa shape index (κ2) is 7.81. The number of aryl methyl sites for hydroxylation is 1. The van der Waals surface area contributed by atoms with Gasteiger partial charge in [-0.2, -0.15) is 0 Å². The van der Waals surface area contributed by atoms with Crippen molar-refractivity contribution in [2.45, 2.75) is 38.6 Å². The molecule has 2 aromatic heterocycles. The van der Waals surface area contributed by atoms with Gasteiger partial charge in [0.15, 0.2) is 0 Å². The van der Waals surface area contributed by atoms with Gasteiger partial charge in [0.05, 0.1) is 17.5 Å². The highest BCUT2D eigenvalue weighted by Gasteiger charge is 2.23. The quantitative estimate of drug-likeness (QED) is 0.899. The highest BCUT2D eigenvalue weighted by atomic mass is 16.1. The topological polar surface area (TPSA) is 83.9 Å². The Kier molecular flexibility index (Phi) is 5.30. The Bertz CT molecular complexity index is 670. The summed E-state index contributed by atoms with van der Waals surface area (Å²) in [6.45, 7) is 3.79. The first-order chi connectivity index (χ1) is 11.8. The zero-order chi connectivity index (χ0) is 16.8. The van der Waals surface area contributed by atoms with Crippen molar-refractivity contribution in [1.29, 1.82) is 0 Å². The van der Waals surface area contributed by atoms with E-state index in [9.17, 15) is 4.79 Å². The third kappa shape index (κ3) is 3.84. The zero-order valence-corrected chi connectivity index (χ0v) is 13.9. The third-order valence-electron chi connectivity index (χ3n) is 4.23. The molecule has 0 saturated carbocycles. The van der Waals surface area contributed by atoms with E-state index in [2.05, 4.69) is 37.1 Å². The number of hydrogen-bond donors (Lipinski definition) is 1. The van der Waals surface area contributed by atoms with Crippen LogP contribution in [-0.2, 0) is 6.42 Å². The molecule has 0 atom stereocenters. The van der Waals surface area contributed by atoms with Gasteiger partial charge in [-0.25, -0.2) is 15.0 Å². The lowest BCUT2D eigenvalue weighted by Crippen LogP contribution is -2.45. The second-order valence-corrected chi connectivity index (χ2v) is 5.93. The van der Waals surface area contributed by atoms with Crippen molar-refractivity contribution < 1.29 is 4.79 Å². The minimum absolute atomic E-state index is 0.0722. The molecule has 2 aromatic rings. The third-order valence-corrected chi connectivity index (χ3v) is 4.23. The fraction of sp³-hybridized carbons (Fsp3) is 0.471. The van der Waals surface area contributed by atoms with E-state index in [1.54, 1.807) is 24.8 Å². The number of anilines is 1. The van der Waals surface area contributed by atoms with Crippen molar-refractivity contribution in [2.75, 3.05) is 18.0 Å². The molecule has 3 heterocycles. The van der Waals surface area contributed by atoms with Crippen molar-refractivity contribution >= 4 is 11.7 Å². The van der Waals surface area contributed by atoms with Gasteiger partial charge in [-0.3, -0.25) is 9.78 Å². The molecule has 0 unspecified atom stereocenters. The lowest BCUT2D eigenvalue weighted by atomic mass is 10.0. The maximum absolute atomic E-state index is 12.5. The largest absolute Gasteiger partial charge is 0.355 e. The summed E-state index contributed by atoms with van der Waals surface area (Å²) in [7, 11) is 0. The zero-order valence-electron chi connectivity index (χ0n) is 13.9. The Hall–Kier alpha value is -2.57. The van der Waals surface area contributed by atoms with Crippen molar-refractivity contribution in [3.05, 3.63) is 42.4 Å². The fourth-order valence-corrected chi connectivity index (χ4v) is 2.95. The summed E-state index contributed by atoms with van der Waals surface area (Å²) in [6, 6.07) is 0.167. The Morgan fingerprint density at radius 3 is 2.75 bits per heavy atom. The van der Waals surface area contributed by atoms with Crippen LogP contribution in [-0.4, -0.2) is 45.0 Å². The van der Waals surface area contributed by atoms with Crippen LogP contribution < -0.4 is 10.2 Å². The summed E-state index contributed by atoms with van der Waals surface area (Å²) in [5, 5.41) is 3.12. The Balaban J connectivity index is 1.57. The Morgan fingerprint density at radius 2 is 2.04 bits per heavy atom. The average molecular weight is 326 g/mol. The minimum Gasteiger partial charge on any atom is -0.355 e. The second-order valence-electron chi connectivity index (χ2n) is 5.93. The van der Waals surface area contributed by atoms with Gasteiger partial charge in [0.25, 0.3) is 5.91 Å². The number of rotatable bonds is 5. The van der Waals surface area contributed by atoms with E-state index >= 15 is 0 Å². The molecule has 1 amide bonds. The predicted molar refractivity (Wildman–Crippen MR) is 90.8 cm³/mol. The van der Waals surface area contributed by atoms with Crippen LogP contribution in [0, 0.1) is 0 Å². The van der Waals surface area contributed by atoms with Gasteiger partial charge >= 0.3 is 0 Å². The molecule has 7 heteroatoms. The number of nitrogens with one attached hydrogen (secondary N) is 1. The molecule has 1 aliphatic rings. The van der Waals surface area contributed by atoms with E-state index in [0.717, 1.165) is 50.3 Å². The number of piperidine rings is 1. The van der Waals surface area contributed by atoms with Crippen LogP contribution in [0.15, 0.2) is 31.1 Å². The molecule has 7 nitrogen and oxygen atoms in total. The van der Waals surface area contributed by atoms with Crippen LogP contribution in [0.4, 0.5) is 5.82 Å². The van der Waals surface area contributed by atoms with Crippen LogP contribution in [0.5, 0.6) is 0 Å². The Morgan fingerprint density at radius 1 is 1.21 bits per heavy atom. The normalized spacial score (nSPS) is 15.3. The van der Waals surface area contributed by atoms with E-state index in [0.29, 0.717) is 5.56 Å². The van der Waals surface area contributed by atoms with Gasteiger partial charge in [-0.1, -0.05) is 13.3 Å². The van der Waals surface area contributed by atoms with Crippen molar-refractivity contribution in [3.63, 3.8) is 0 Å². The lowest BCUT2D eigenvalue weighted by molar-refractivity contribution is 0.0929. The van der Waals surface area contributed by atoms with Gasteiger partial charge in [-0.05, 0) is 19.3 Å². The molecule has 0 bridgehead atoms. The van der Waals surface area contributed by atoms with Gasteiger partial charge in [0.2, 0.25) is 0 Å². The lowest BCUT2D eigenvalue weighted by Gasteiger charge is -2.32. The van der Waals surface area contributed by atoms with Crippen LogP contribution >= 0.6 is 0 Å². The molecular weight excluding hydrogens is 304 g/mol. The number of amides is 1. The van der Waals surface area contributed by atoms with Gasteiger partial charge < -0.3 is 10.2 Å². The monoisotopic (exact) mass is 326 g/mol. The summed E-state index contributed by atoms with van der Waals surface area (Å²) >= 11 is 0. The molecule has 0 spiro atoms. The maximum Gasteiger partial charge on any atom is 0.254 e. The fourth-order valence-electron chi connectivity index (χ4n) is 2.95. The van der Waals surface area contributed by atoms with Crippen LogP contribution in [0.1, 0.15) is 42.2 Å². The minimum atomic E-state index is -0.0722. The molecule has 0 aromatic carbocycles. The Labute approximate surface area is 141 Å². The predicted octanol–water partition coefficient (Wildman–Crippen LogP) is 1.62. The van der Waals surface area contributed by atoms with Gasteiger partial charge in [0.1, 0.15) is 12.1 Å². The van der Waals surface area contributed by atoms with Gasteiger partial charge in [-0.15, -0.1) is 0 Å². The molecular formula is C17H22N6O. The number of carbonyl (C=O) groups is 1. The van der Waals surface area contributed by atoms with Gasteiger partial charge in [0, 0.05) is 37.7 Å². The number of nitrogens with zero attached hydrogens (tertiary/aromatic N) is 5. The molecule has 1 fully saturated rings. The van der Waals surface area contributed by atoms with E-state index in [1.165, 1.54) is 6.33 Å². The standard InChI is InChI=1S/C17H22N6O/c1-2-3-15-14(10-19-12-21-15)17(24)22-13-4-8-23(9-5-13)16-11-18-6-7-20-16/h6-7,10-13H,2-5,8-9H2,1H3,(H,22,24). The first kappa shape index (κ1) is 16.3.